The second-order valence-corrected chi connectivity index (χ2v) is 3.78. The van der Waals surface area contributed by atoms with Gasteiger partial charge in [-0.25, -0.2) is 0 Å². The molecule has 1 N–H and O–H groups in total. The highest BCUT2D eigenvalue weighted by Gasteiger charge is 2.10. The molecular weight excluding hydrogens is 242 g/mol. The molecule has 1 amide bonds. The lowest BCUT2D eigenvalue weighted by atomic mass is 10.3. The van der Waals surface area contributed by atoms with Crippen molar-refractivity contribution in [2.24, 2.45) is 0 Å². The molecule has 0 aromatic carbocycles. The summed E-state index contributed by atoms with van der Waals surface area (Å²) in [7, 11) is 0. The Bertz CT molecular complexity index is 539. The minimum Gasteiger partial charge on any atom is -0.359 e. The van der Waals surface area contributed by atoms with E-state index in [1.165, 1.54) is 12.3 Å². The molecule has 0 bridgehead atoms. The maximum Gasteiger partial charge on any atom is 0.275 e. The lowest BCUT2D eigenvalue weighted by Crippen LogP contribution is -2.13. The summed E-state index contributed by atoms with van der Waals surface area (Å²) in [5.74, 6) is 0.705. The zero-order valence-corrected chi connectivity index (χ0v) is 9.86. The molecule has 0 radical (unpaired) electrons. The lowest BCUT2D eigenvalue weighted by molar-refractivity contribution is 0.102. The van der Waals surface area contributed by atoms with Crippen LogP contribution in [0.5, 0.6) is 0 Å². The largest absolute Gasteiger partial charge is 0.359 e. The van der Waals surface area contributed by atoms with Gasteiger partial charge in [0.05, 0.1) is 0 Å². The smallest absolute Gasteiger partial charge is 0.275 e. The van der Waals surface area contributed by atoms with Gasteiger partial charge in [-0.2, -0.15) is 0 Å². The van der Waals surface area contributed by atoms with Crippen molar-refractivity contribution in [2.75, 3.05) is 5.32 Å². The predicted molar refractivity (Wildman–Crippen MR) is 63.1 cm³/mol. The highest BCUT2D eigenvalue weighted by Crippen LogP contribution is 2.12. The number of carbonyl (C=O) groups excluding carboxylic acids is 1. The quantitative estimate of drug-likeness (QED) is 0.910. The van der Waals surface area contributed by atoms with Crippen molar-refractivity contribution >= 4 is 23.3 Å². The Labute approximate surface area is 103 Å². The van der Waals surface area contributed by atoms with Crippen LogP contribution in [0.1, 0.15) is 23.2 Å². The van der Waals surface area contributed by atoms with E-state index in [-0.39, 0.29) is 11.6 Å². The zero-order valence-electron chi connectivity index (χ0n) is 9.11. The van der Waals surface area contributed by atoms with Gasteiger partial charge in [0.1, 0.15) is 11.5 Å². The molecule has 6 heteroatoms. The third kappa shape index (κ3) is 2.82. The molecule has 0 aliphatic rings. The maximum absolute atomic E-state index is 11.7. The van der Waals surface area contributed by atoms with Gasteiger partial charge in [-0.15, -0.1) is 0 Å². The first-order valence-corrected chi connectivity index (χ1v) is 5.45. The molecule has 0 saturated heterocycles. The Morgan fingerprint density at radius 2 is 2.35 bits per heavy atom. The fraction of sp³-hybridized carbons (Fsp3) is 0.182. The summed E-state index contributed by atoms with van der Waals surface area (Å²) >= 11 is 5.76. The van der Waals surface area contributed by atoms with Crippen LogP contribution in [0.25, 0.3) is 0 Å². The molecule has 0 atom stereocenters. The summed E-state index contributed by atoms with van der Waals surface area (Å²) in [5.41, 5.74) is 0.235. The Morgan fingerprint density at radius 1 is 1.53 bits per heavy atom. The van der Waals surface area contributed by atoms with Gasteiger partial charge in [0.15, 0.2) is 5.82 Å². The number of carbonyl (C=O) groups is 1. The van der Waals surface area contributed by atoms with Crippen LogP contribution in [0, 0.1) is 0 Å². The van der Waals surface area contributed by atoms with Gasteiger partial charge in [0.2, 0.25) is 0 Å². The molecule has 5 nitrogen and oxygen atoms in total. The first-order chi connectivity index (χ1) is 8.19. The van der Waals surface area contributed by atoms with Crippen molar-refractivity contribution in [1.29, 1.82) is 0 Å². The van der Waals surface area contributed by atoms with Gasteiger partial charge in [0, 0.05) is 23.7 Å². The minimum atomic E-state index is -0.372. The number of aryl methyl sites for hydroxylation is 1. The van der Waals surface area contributed by atoms with E-state index in [0.29, 0.717) is 16.6 Å². The van der Waals surface area contributed by atoms with Crippen molar-refractivity contribution in [3.63, 3.8) is 0 Å². The number of pyridine rings is 1. The van der Waals surface area contributed by atoms with Crippen molar-refractivity contribution in [3.8, 4) is 0 Å². The van der Waals surface area contributed by atoms with Crippen molar-refractivity contribution in [2.45, 2.75) is 13.3 Å². The Kier molecular flexibility index (Phi) is 3.39. The summed E-state index contributed by atoms with van der Waals surface area (Å²) < 4.78 is 4.96. The van der Waals surface area contributed by atoms with Crippen LogP contribution >= 0.6 is 11.6 Å². The monoisotopic (exact) mass is 251 g/mol. The molecule has 17 heavy (non-hydrogen) atoms. The normalized spacial score (nSPS) is 10.2. The van der Waals surface area contributed by atoms with Gasteiger partial charge >= 0.3 is 0 Å². The number of halogens is 1. The van der Waals surface area contributed by atoms with E-state index in [1.54, 1.807) is 12.1 Å². The van der Waals surface area contributed by atoms with Crippen LogP contribution in [0.4, 0.5) is 5.82 Å². The number of rotatable bonds is 3. The van der Waals surface area contributed by atoms with Gasteiger partial charge in [-0.1, -0.05) is 23.7 Å². The van der Waals surface area contributed by atoms with E-state index in [1.807, 2.05) is 6.92 Å². The number of hydrogen-bond donors (Lipinski definition) is 1. The van der Waals surface area contributed by atoms with Gasteiger partial charge in [-0.3, -0.25) is 9.78 Å². The molecule has 2 heterocycles. The summed E-state index contributed by atoms with van der Waals surface area (Å²) in [6, 6.07) is 4.75. The minimum absolute atomic E-state index is 0.235. The molecule has 2 aromatic rings. The maximum atomic E-state index is 11.7. The van der Waals surface area contributed by atoms with Gasteiger partial charge in [-0.05, 0) is 12.1 Å². The lowest BCUT2D eigenvalue weighted by Gasteiger charge is -2.00. The highest BCUT2D eigenvalue weighted by atomic mass is 35.5. The van der Waals surface area contributed by atoms with Crippen LogP contribution in [-0.2, 0) is 6.42 Å². The zero-order chi connectivity index (χ0) is 12.3. The number of hydrogen-bond acceptors (Lipinski definition) is 4. The number of aromatic nitrogens is 2. The SMILES string of the molecule is CCc1cc(NC(=O)c2cc(Cl)ccn2)no1. The predicted octanol–water partition coefficient (Wildman–Crippen LogP) is 2.54. The third-order valence-electron chi connectivity index (χ3n) is 2.10. The second-order valence-electron chi connectivity index (χ2n) is 3.35. The van der Waals surface area contributed by atoms with E-state index in [0.717, 1.165) is 6.42 Å². The molecule has 0 fully saturated rings. The molecule has 2 rings (SSSR count). The van der Waals surface area contributed by atoms with E-state index in [4.69, 9.17) is 16.1 Å². The van der Waals surface area contributed by atoms with E-state index < -0.39 is 0 Å². The van der Waals surface area contributed by atoms with Crippen LogP contribution in [0.2, 0.25) is 5.02 Å². The summed E-state index contributed by atoms with van der Waals surface area (Å²) in [4.78, 5) is 15.7. The standard InChI is InChI=1S/C11H10ClN3O2/c1-2-8-6-10(15-17-8)14-11(16)9-5-7(12)3-4-13-9/h3-6H,2H2,1H3,(H,14,15,16). The average molecular weight is 252 g/mol. The van der Waals surface area contributed by atoms with Crippen molar-refractivity contribution in [3.05, 3.63) is 40.9 Å². The molecule has 2 aromatic heterocycles. The van der Waals surface area contributed by atoms with Crippen LogP contribution < -0.4 is 5.32 Å². The van der Waals surface area contributed by atoms with Crippen molar-refractivity contribution in [1.82, 2.24) is 10.1 Å². The second kappa shape index (κ2) is 4.97. The number of nitrogens with zero attached hydrogens (tertiary/aromatic N) is 2. The molecular formula is C11H10ClN3O2. The first-order valence-electron chi connectivity index (χ1n) is 5.07. The Morgan fingerprint density at radius 3 is 3.00 bits per heavy atom. The molecule has 0 aliphatic carbocycles. The Balaban J connectivity index is 2.11. The number of nitrogens with one attached hydrogen (secondary N) is 1. The van der Waals surface area contributed by atoms with Crippen LogP contribution in [0.3, 0.4) is 0 Å². The van der Waals surface area contributed by atoms with E-state index in [9.17, 15) is 4.79 Å². The fourth-order valence-corrected chi connectivity index (χ4v) is 1.41. The highest BCUT2D eigenvalue weighted by molar-refractivity contribution is 6.30. The number of anilines is 1. The molecule has 88 valence electrons. The van der Waals surface area contributed by atoms with Gasteiger partial charge in [0.25, 0.3) is 5.91 Å². The fourth-order valence-electron chi connectivity index (χ4n) is 1.25. The van der Waals surface area contributed by atoms with Crippen molar-refractivity contribution < 1.29 is 9.32 Å². The summed E-state index contributed by atoms with van der Waals surface area (Å²) in [5, 5.41) is 6.74. The molecule has 0 aliphatic heterocycles. The average Bonchev–Trinajstić information content (AvgIpc) is 2.77. The van der Waals surface area contributed by atoms with E-state index >= 15 is 0 Å². The number of amides is 1. The molecule has 0 unspecified atom stereocenters. The van der Waals surface area contributed by atoms with Crippen LogP contribution in [-0.4, -0.2) is 16.0 Å². The topological polar surface area (TPSA) is 68.0 Å². The molecule has 0 saturated carbocycles. The molecule has 0 spiro atoms. The third-order valence-corrected chi connectivity index (χ3v) is 2.34. The first kappa shape index (κ1) is 11.6. The van der Waals surface area contributed by atoms with Gasteiger partial charge < -0.3 is 9.84 Å². The Hall–Kier alpha value is -1.88. The van der Waals surface area contributed by atoms with E-state index in [2.05, 4.69) is 15.5 Å². The summed E-state index contributed by atoms with van der Waals surface area (Å²) in [6.45, 7) is 1.94. The summed E-state index contributed by atoms with van der Waals surface area (Å²) in [6.07, 6.45) is 2.19. The van der Waals surface area contributed by atoms with Crippen LogP contribution in [0.15, 0.2) is 28.9 Å².